The fraction of sp³-hybridized carbons (Fsp3) is 0.148. The molecule has 5 heteroatoms. The zero-order valence-corrected chi connectivity index (χ0v) is 18.0. The maximum atomic E-state index is 12.9. The molecule has 4 aromatic rings. The van der Waals surface area contributed by atoms with E-state index in [4.69, 9.17) is 11.0 Å². The monoisotopic (exact) mass is 423 g/mol. The Labute approximate surface area is 187 Å². The number of primary amides is 1. The van der Waals surface area contributed by atoms with E-state index in [0.717, 1.165) is 0 Å². The summed E-state index contributed by atoms with van der Waals surface area (Å²) in [6, 6.07) is 28.3. The number of hydrogen-bond acceptors (Lipinski definition) is 3. The lowest BCUT2D eigenvalue weighted by Crippen LogP contribution is -2.27. The second kappa shape index (κ2) is 10.7. The molecule has 32 heavy (non-hydrogen) atoms. The van der Waals surface area contributed by atoms with Gasteiger partial charge in [-0.2, -0.15) is 5.26 Å². The van der Waals surface area contributed by atoms with Gasteiger partial charge in [-0.15, -0.1) is 0 Å². The summed E-state index contributed by atoms with van der Waals surface area (Å²) < 4.78 is 1.39. The average molecular weight is 424 g/mol. The predicted octanol–water partition coefficient (Wildman–Crippen LogP) is 4.79. The van der Waals surface area contributed by atoms with Gasteiger partial charge in [-0.3, -0.25) is 14.2 Å². The zero-order valence-electron chi connectivity index (χ0n) is 18.0. The van der Waals surface area contributed by atoms with Gasteiger partial charge in [-0.25, -0.2) is 0 Å². The molecule has 1 aromatic heterocycles. The number of nitrogens with zero attached hydrogens (tertiary/aromatic N) is 2. The lowest BCUT2D eigenvalue weighted by molar-refractivity contribution is 0.100. The van der Waals surface area contributed by atoms with Crippen molar-refractivity contribution in [2.45, 2.75) is 26.2 Å². The van der Waals surface area contributed by atoms with Gasteiger partial charge in [-0.1, -0.05) is 80.1 Å². The number of benzene rings is 3. The van der Waals surface area contributed by atoms with Gasteiger partial charge in [0.25, 0.3) is 11.5 Å². The van der Waals surface area contributed by atoms with Crippen LogP contribution in [0.5, 0.6) is 0 Å². The number of carbonyl (C=O) groups is 1. The molecular weight excluding hydrogens is 398 g/mol. The molecule has 4 rings (SSSR count). The van der Waals surface area contributed by atoms with E-state index in [1.54, 1.807) is 48.5 Å². The van der Waals surface area contributed by atoms with Crippen LogP contribution in [0, 0.1) is 11.3 Å². The smallest absolute Gasteiger partial charge is 0.263 e. The van der Waals surface area contributed by atoms with Crippen molar-refractivity contribution >= 4 is 16.7 Å². The molecule has 1 amide bonds. The maximum absolute atomic E-state index is 12.9. The topological polar surface area (TPSA) is 88.9 Å². The fourth-order valence-electron chi connectivity index (χ4n) is 3.70. The van der Waals surface area contributed by atoms with Crippen LogP contribution in [0.25, 0.3) is 16.5 Å². The van der Waals surface area contributed by atoms with Gasteiger partial charge in [0.15, 0.2) is 0 Å². The summed E-state index contributed by atoms with van der Waals surface area (Å²) in [4.78, 5) is 24.9. The second-order valence-electron chi connectivity index (χ2n) is 7.28. The summed E-state index contributed by atoms with van der Waals surface area (Å²) in [7, 11) is 0. The fourth-order valence-corrected chi connectivity index (χ4v) is 3.70. The number of pyridine rings is 1. The Hall–Kier alpha value is -4.17. The second-order valence-corrected chi connectivity index (χ2v) is 7.28. The number of carbonyl (C=O) groups excluding carboxylic acids is 1. The van der Waals surface area contributed by atoms with E-state index >= 15 is 0 Å². The minimum absolute atomic E-state index is 0.0900. The first-order chi connectivity index (χ1) is 15.6. The summed E-state index contributed by atoms with van der Waals surface area (Å²) in [5, 5.41) is 10.0. The first kappa shape index (κ1) is 22.5. The van der Waals surface area contributed by atoms with Crippen LogP contribution >= 0.6 is 0 Å². The normalized spacial score (nSPS) is 10.1. The van der Waals surface area contributed by atoms with E-state index in [-0.39, 0.29) is 17.5 Å². The van der Waals surface area contributed by atoms with Gasteiger partial charge in [0.1, 0.15) is 0 Å². The minimum Gasteiger partial charge on any atom is -0.366 e. The van der Waals surface area contributed by atoms with Crippen LogP contribution in [0.4, 0.5) is 0 Å². The Morgan fingerprint density at radius 2 is 1.47 bits per heavy atom. The van der Waals surface area contributed by atoms with Crippen LogP contribution in [0.2, 0.25) is 0 Å². The number of para-hydroxylation sites is 1. The predicted molar refractivity (Wildman–Crippen MR) is 128 cm³/mol. The van der Waals surface area contributed by atoms with E-state index in [1.165, 1.54) is 23.0 Å². The molecule has 5 nitrogen and oxygen atoms in total. The van der Waals surface area contributed by atoms with Gasteiger partial charge in [0, 0.05) is 16.5 Å². The SMILES string of the molecule is CCCc1ccccc1.N#CCc1c(C(N)=O)c2ccccc2c(=O)n1-c1ccccc1. The molecule has 3 aromatic carbocycles. The Balaban J connectivity index is 0.000000269. The zero-order chi connectivity index (χ0) is 22.9. The number of nitriles is 1. The molecule has 0 spiro atoms. The van der Waals surface area contributed by atoms with Crippen LogP contribution in [0.1, 0.15) is 35.0 Å². The number of amides is 1. The van der Waals surface area contributed by atoms with E-state index in [9.17, 15) is 9.59 Å². The average Bonchev–Trinajstić information content (AvgIpc) is 2.81. The Morgan fingerprint density at radius 3 is 2.03 bits per heavy atom. The van der Waals surface area contributed by atoms with Crippen molar-refractivity contribution in [1.29, 1.82) is 5.26 Å². The third-order valence-electron chi connectivity index (χ3n) is 5.08. The molecule has 0 aliphatic carbocycles. The van der Waals surface area contributed by atoms with Crippen LogP contribution in [0.15, 0.2) is 89.7 Å². The summed E-state index contributed by atoms with van der Waals surface area (Å²) in [5.41, 5.74) is 7.83. The summed E-state index contributed by atoms with van der Waals surface area (Å²) in [5.74, 6) is -0.656. The van der Waals surface area contributed by atoms with Crippen molar-refractivity contribution in [1.82, 2.24) is 4.57 Å². The largest absolute Gasteiger partial charge is 0.366 e. The lowest BCUT2D eigenvalue weighted by atomic mass is 10.0. The maximum Gasteiger partial charge on any atom is 0.263 e. The van der Waals surface area contributed by atoms with E-state index in [0.29, 0.717) is 22.2 Å². The molecule has 2 N–H and O–H groups in total. The highest BCUT2D eigenvalue weighted by atomic mass is 16.1. The molecule has 0 aliphatic rings. The minimum atomic E-state index is -0.656. The Morgan fingerprint density at radius 1 is 0.906 bits per heavy atom. The van der Waals surface area contributed by atoms with Gasteiger partial charge in [0.2, 0.25) is 0 Å². The molecule has 0 saturated heterocycles. The molecular formula is C27H25N3O2. The van der Waals surface area contributed by atoms with Crippen molar-refractivity contribution in [2.24, 2.45) is 5.73 Å². The van der Waals surface area contributed by atoms with E-state index in [1.807, 2.05) is 12.1 Å². The molecule has 1 heterocycles. The standard InChI is InChI=1S/C18H13N3O2.C9H12/c19-11-10-15-16(17(20)22)13-8-4-5-9-14(13)18(23)21(15)12-6-2-1-3-7-12;1-2-6-9-7-4-3-5-8-9/h1-9H,10H2,(H2,20,22);3-5,7-8H,2,6H2,1H3. The lowest BCUT2D eigenvalue weighted by Gasteiger charge is -2.16. The third kappa shape index (κ3) is 4.93. The highest BCUT2D eigenvalue weighted by Gasteiger charge is 2.20. The molecule has 0 unspecified atom stereocenters. The number of aryl methyl sites for hydroxylation is 1. The molecule has 0 fully saturated rings. The van der Waals surface area contributed by atoms with Gasteiger partial charge >= 0.3 is 0 Å². The van der Waals surface area contributed by atoms with E-state index in [2.05, 4.69) is 37.3 Å². The van der Waals surface area contributed by atoms with Crippen molar-refractivity contribution < 1.29 is 4.79 Å². The van der Waals surface area contributed by atoms with Crippen LogP contribution in [-0.2, 0) is 12.8 Å². The van der Waals surface area contributed by atoms with Crippen molar-refractivity contribution in [3.8, 4) is 11.8 Å². The number of rotatable bonds is 5. The molecule has 0 aliphatic heterocycles. The van der Waals surface area contributed by atoms with Gasteiger partial charge in [-0.05, 0) is 30.2 Å². The summed E-state index contributed by atoms with van der Waals surface area (Å²) >= 11 is 0. The van der Waals surface area contributed by atoms with Crippen molar-refractivity contribution in [3.63, 3.8) is 0 Å². The van der Waals surface area contributed by atoms with E-state index < -0.39 is 5.91 Å². The number of fused-ring (bicyclic) bond motifs is 1. The highest BCUT2D eigenvalue weighted by molar-refractivity contribution is 6.07. The molecule has 160 valence electrons. The van der Waals surface area contributed by atoms with Crippen LogP contribution < -0.4 is 11.3 Å². The number of nitrogens with two attached hydrogens (primary N) is 1. The van der Waals surface area contributed by atoms with Gasteiger partial charge in [0.05, 0.1) is 23.7 Å². The third-order valence-corrected chi connectivity index (χ3v) is 5.08. The highest BCUT2D eigenvalue weighted by Crippen LogP contribution is 2.22. The molecule has 0 saturated carbocycles. The van der Waals surface area contributed by atoms with Crippen LogP contribution in [0.3, 0.4) is 0 Å². The van der Waals surface area contributed by atoms with Crippen molar-refractivity contribution in [2.75, 3.05) is 0 Å². The first-order valence-electron chi connectivity index (χ1n) is 10.5. The van der Waals surface area contributed by atoms with Crippen molar-refractivity contribution in [3.05, 3.63) is 112 Å². The number of hydrogen-bond donors (Lipinski definition) is 1. The molecule has 0 atom stereocenters. The molecule has 0 radical (unpaired) electrons. The van der Waals surface area contributed by atoms with Crippen LogP contribution in [-0.4, -0.2) is 10.5 Å². The number of aromatic nitrogens is 1. The first-order valence-corrected chi connectivity index (χ1v) is 10.5. The summed E-state index contributed by atoms with van der Waals surface area (Å²) in [6.45, 7) is 2.20. The summed E-state index contributed by atoms with van der Waals surface area (Å²) in [6.07, 6.45) is 2.36. The molecule has 0 bridgehead atoms. The Kier molecular flexibility index (Phi) is 7.55. The quantitative estimate of drug-likeness (QED) is 0.500. The Bertz CT molecular complexity index is 1300. The van der Waals surface area contributed by atoms with Gasteiger partial charge < -0.3 is 5.73 Å².